The van der Waals surface area contributed by atoms with E-state index in [2.05, 4.69) is 5.32 Å². The smallest absolute Gasteiger partial charge is 0.379 e. The number of rotatable bonds is 4. The van der Waals surface area contributed by atoms with Gasteiger partial charge in [-0.15, -0.1) is 0 Å². The lowest BCUT2D eigenvalue weighted by atomic mass is 9.93. The molecule has 126 valence electrons. The van der Waals surface area contributed by atoms with E-state index in [1.54, 1.807) is 6.07 Å². The molecule has 0 aromatic heterocycles. The zero-order valence-corrected chi connectivity index (χ0v) is 13.3. The van der Waals surface area contributed by atoms with E-state index in [-0.39, 0.29) is 6.54 Å². The Balaban J connectivity index is 1.70. The lowest BCUT2D eigenvalue weighted by molar-refractivity contribution is -0.138. The number of carbonyl (C=O) groups is 1. The number of benzene rings is 1. The monoisotopic (exact) mass is 345 g/mol. The minimum atomic E-state index is -4.37. The first-order valence-corrected chi connectivity index (χ1v) is 8.67. The van der Waals surface area contributed by atoms with Crippen LogP contribution in [0, 0.1) is 0 Å². The quantitative estimate of drug-likeness (QED) is 0.882. The molecule has 2 fully saturated rings. The van der Waals surface area contributed by atoms with Crippen molar-refractivity contribution in [3.8, 4) is 0 Å². The van der Waals surface area contributed by atoms with Crippen molar-refractivity contribution in [2.24, 2.45) is 0 Å². The molecule has 0 radical (unpaired) electrons. The van der Waals surface area contributed by atoms with Gasteiger partial charge in [-0.3, -0.25) is 4.79 Å². The van der Waals surface area contributed by atoms with Crippen LogP contribution in [0.3, 0.4) is 0 Å². The summed E-state index contributed by atoms with van der Waals surface area (Å²) in [7, 11) is 0. The molecule has 1 heterocycles. The van der Waals surface area contributed by atoms with E-state index < -0.39 is 28.7 Å². The molecule has 1 aromatic rings. The van der Waals surface area contributed by atoms with Gasteiger partial charge in [-0.1, -0.05) is 18.2 Å². The molecule has 0 spiro atoms. The van der Waals surface area contributed by atoms with Crippen molar-refractivity contribution >= 4 is 17.7 Å². The molecule has 0 bridgehead atoms. The number of thioether (sulfide) groups is 1. The molecular formula is C16H18F3NO2S. The second kappa shape index (κ2) is 5.70. The van der Waals surface area contributed by atoms with Crippen molar-refractivity contribution in [2.75, 3.05) is 18.1 Å². The summed E-state index contributed by atoms with van der Waals surface area (Å²) in [6.45, 7) is 0.264. The van der Waals surface area contributed by atoms with E-state index in [0.717, 1.165) is 24.7 Å². The number of amides is 1. The zero-order valence-electron chi connectivity index (χ0n) is 12.4. The van der Waals surface area contributed by atoms with E-state index in [4.69, 9.17) is 0 Å². The van der Waals surface area contributed by atoms with Gasteiger partial charge in [0.25, 0.3) is 5.91 Å². The summed E-state index contributed by atoms with van der Waals surface area (Å²) >= 11 is 1.52. The highest BCUT2D eigenvalue weighted by molar-refractivity contribution is 7.99. The van der Waals surface area contributed by atoms with Crippen LogP contribution in [0.25, 0.3) is 0 Å². The van der Waals surface area contributed by atoms with E-state index in [1.807, 2.05) is 0 Å². The fourth-order valence-corrected chi connectivity index (χ4v) is 4.13. The molecule has 2 aliphatic rings. The average Bonchev–Trinajstić information content (AvgIpc) is 3.18. The van der Waals surface area contributed by atoms with E-state index in [0.29, 0.717) is 17.7 Å². The Hall–Kier alpha value is -1.21. The minimum absolute atomic E-state index is 0.264. The maximum absolute atomic E-state index is 12.8. The van der Waals surface area contributed by atoms with Gasteiger partial charge in [-0.2, -0.15) is 24.9 Å². The largest absolute Gasteiger partial charge is 0.416 e. The van der Waals surface area contributed by atoms with Crippen molar-refractivity contribution in [1.29, 1.82) is 0 Å². The summed E-state index contributed by atoms with van der Waals surface area (Å²) in [6.07, 6.45) is -2.48. The lowest BCUT2D eigenvalue weighted by Crippen LogP contribution is -2.48. The topological polar surface area (TPSA) is 49.3 Å². The molecule has 2 N–H and O–H groups in total. The molecule has 23 heavy (non-hydrogen) atoms. The van der Waals surface area contributed by atoms with Gasteiger partial charge >= 0.3 is 6.18 Å². The number of halogens is 3. The third kappa shape index (κ3) is 3.35. The molecule has 1 aliphatic heterocycles. The van der Waals surface area contributed by atoms with Crippen LogP contribution >= 0.6 is 11.8 Å². The predicted molar refractivity (Wildman–Crippen MR) is 82.3 cm³/mol. The molecular weight excluding hydrogens is 327 g/mol. The summed E-state index contributed by atoms with van der Waals surface area (Å²) in [5, 5.41) is 13.0. The van der Waals surface area contributed by atoms with Crippen molar-refractivity contribution in [2.45, 2.75) is 36.5 Å². The first kappa shape index (κ1) is 16.6. The first-order valence-electron chi connectivity index (χ1n) is 7.51. The number of carbonyl (C=O) groups excluding carboxylic acids is 1. The molecule has 3 nitrogen and oxygen atoms in total. The number of hydrogen-bond donors (Lipinski definition) is 2. The molecule has 1 amide bonds. The average molecular weight is 345 g/mol. The number of hydrogen-bond acceptors (Lipinski definition) is 3. The molecule has 1 saturated carbocycles. The second-order valence-electron chi connectivity index (χ2n) is 6.38. The zero-order chi connectivity index (χ0) is 16.7. The summed E-state index contributed by atoms with van der Waals surface area (Å²) in [5.74, 6) is 0.693. The predicted octanol–water partition coefficient (Wildman–Crippen LogP) is 2.72. The van der Waals surface area contributed by atoms with Crippen LogP contribution in [0.4, 0.5) is 13.2 Å². The Bertz CT molecular complexity index is 608. The van der Waals surface area contributed by atoms with Gasteiger partial charge in [0.1, 0.15) is 0 Å². The van der Waals surface area contributed by atoms with Crippen LogP contribution in [-0.2, 0) is 16.4 Å². The second-order valence-corrected chi connectivity index (χ2v) is 7.48. The highest BCUT2D eigenvalue weighted by atomic mass is 32.2. The third-order valence-electron chi connectivity index (χ3n) is 4.67. The first-order chi connectivity index (χ1) is 10.8. The van der Waals surface area contributed by atoms with Crippen LogP contribution in [-0.4, -0.2) is 34.7 Å². The molecule has 1 saturated heterocycles. The Labute approximate surface area is 136 Å². The van der Waals surface area contributed by atoms with Gasteiger partial charge in [-0.05, 0) is 36.6 Å². The molecule has 3 rings (SSSR count). The van der Waals surface area contributed by atoms with Crippen molar-refractivity contribution in [3.63, 3.8) is 0 Å². The summed E-state index contributed by atoms with van der Waals surface area (Å²) in [4.78, 5) is 12.1. The summed E-state index contributed by atoms with van der Waals surface area (Å²) < 4.78 is 38.5. The lowest BCUT2D eigenvalue weighted by Gasteiger charge is -2.23. The third-order valence-corrected chi connectivity index (χ3v) is 5.84. The number of alkyl halides is 3. The van der Waals surface area contributed by atoms with Gasteiger partial charge in [0.05, 0.1) is 5.56 Å². The molecule has 1 aromatic carbocycles. The maximum atomic E-state index is 12.8. The van der Waals surface area contributed by atoms with E-state index in [1.165, 1.54) is 23.9 Å². The standard InChI is InChI=1S/C16H18F3NO2S/c17-16(18,19)12-3-1-2-11(8-12)14(4-5-14)9-20-13(21)15(22)6-7-23-10-15/h1-3,8,22H,4-7,9-10H2,(H,20,21). The SMILES string of the molecule is O=C(NCC1(c2cccc(C(F)(F)F)c2)CC1)C1(O)CCSC1. The van der Waals surface area contributed by atoms with Gasteiger partial charge in [-0.25, -0.2) is 0 Å². The minimum Gasteiger partial charge on any atom is -0.379 e. The van der Waals surface area contributed by atoms with E-state index >= 15 is 0 Å². The van der Waals surface area contributed by atoms with Gasteiger partial charge in [0.15, 0.2) is 5.60 Å². The molecule has 7 heteroatoms. The maximum Gasteiger partial charge on any atom is 0.416 e. The normalized spacial score (nSPS) is 26.1. The summed E-state index contributed by atoms with van der Waals surface area (Å²) in [5.41, 5.74) is -1.84. The van der Waals surface area contributed by atoms with Gasteiger partial charge in [0, 0.05) is 17.7 Å². The van der Waals surface area contributed by atoms with Crippen LogP contribution in [0.15, 0.2) is 24.3 Å². The number of nitrogens with one attached hydrogen (secondary N) is 1. The Kier molecular flexibility index (Phi) is 4.13. The van der Waals surface area contributed by atoms with Crippen molar-refractivity contribution in [3.05, 3.63) is 35.4 Å². The fourth-order valence-electron chi connectivity index (χ4n) is 2.89. The van der Waals surface area contributed by atoms with Crippen molar-refractivity contribution in [1.82, 2.24) is 5.32 Å². The van der Waals surface area contributed by atoms with Crippen molar-refractivity contribution < 1.29 is 23.1 Å². The Morgan fingerprint density at radius 2 is 2.04 bits per heavy atom. The van der Waals surface area contributed by atoms with Crippen LogP contribution in [0.2, 0.25) is 0 Å². The highest BCUT2D eigenvalue weighted by Crippen LogP contribution is 2.48. The molecule has 1 unspecified atom stereocenters. The summed E-state index contributed by atoms with van der Waals surface area (Å²) in [6, 6.07) is 5.30. The van der Waals surface area contributed by atoms with Crippen LogP contribution < -0.4 is 5.32 Å². The number of aliphatic hydroxyl groups is 1. The van der Waals surface area contributed by atoms with Gasteiger partial charge < -0.3 is 10.4 Å². The Morgan fingerprint density at radius 1 is 1.30 bits per heavy atom. The highest BCUT2D eigenvalue weighted by Gasteiger charge is 2.47. The van der Waals surface area contributed by atoms with Gasteiger partial charge in [0.2, 0.25) is 0 Å². The van der Waals surface area contributed by atoms with E-state index in [9.17, 15) is 23.1 Å². The fraction of sp³-hybridized carbons (Fsp3) is 0.562. The van der Waals surface area contributed by atoms with Crippen LogP contribution in [0.5, 0.6) is 0 Å². The Morgan fingerprint density at radius 3 is 2.61 bits per heavy atom. The van der Waals surface area contributed by atoms with Crippen LogP contribution in [0.1, 0.15) is 30.4 Å². The molecule has 1 aliphatic carbocycles. The molecule has 1 atom stereocenters.